The Morgan fingerprint density at radius 2 is 2.00 bits per heavy atom. The highest BCUT2D eigenvalue weighted by atomic mass is 32.1. The van der Waals surface area contributed by atoms with Crippen LogP contribution in [0, 0.1) is 0 Å². The van der Waals surface area contributed by atoms with Gasteiger partial charge in [0.25, 0.3) is 0 Å². The molecule has 0 saturated carbocycles. The Hall–Kier alpha value is -1.61. The van der Waals surface area contributed by atoms with Crippen LogP contribution in [0.4, 0.5) is 0 Å². The number of fused-ring (bicyclic) bond motifs is 1. The molecule has 1 aliphatic heterocycles. The minimum atomic E-state index is 0.885. The molecule has 0 spiro atoms. The van der Waals surface area contributed by atoms with Crippen molar-refractivity contribution in [3.8, 4) is 5.75 Å². The van der Waals surface area contributed by atoms with Crippen molar-refractivity contribution in [1.29, 1.82) is 0 Å². The molecule has 2 heterocycles. The smallest absolute Gasteiger partial charge is 0.118 e. The molecule has 0 aliphatic carbocycles. The van der Waals surface area contributed by atoms with Gasteiger partial charge in [0.05, 0.1) is 12.8 Å². The first-order valence-corrected chi connectivity index (χ1v) is 6.52. The van der Waals surface area contributed by atoms with Gasteiger partial charge in [-0.1, -0.05) is 0 Å². The predicted molar refractivity (Wildman–Crippen MR) is 71.5 cm³/mol. The Kier molecular flexibility index (Phi) is 2.69. The van der Waals surface area contributed by atoms with E-state index < -0.39 is 0 Å². The lowest BCUT2D eigenvalue weighted by Gasteiger charge is -2.13. The topological polar surface area (TPSA) is 21.6 Å². The Balaban J connectivity index is 2.01. The van der Waals surface area contributed by atoms with Gasteiger partial charge in [0.2, 0.25) is 0 Å². The summed E-state index contributed by atoms with van der Waals surface area (Å²) in [4.78, 5) is 6.10. The van der Waals surface area contributed by atoms with E-state index >= 15 is 0 Å². The number of nitrogens with zero attached hydrogens (tertiary/aromatic N) is 1. The summed E-state index contributed by atoms with van der Waals surface area (Å²) in [6.07, 6.45) is 1.08. The van der Waals surface area contributed by atoms with Gasteiger partial charge in [0.15, 0.2) is 0 Å². The third kappa shape index (κ3) is 1.87. The lowest BCUT2D eigenvalue weighted by Crippen LogP contribution is -2.11. The summed E-state index contributed by atoms with van der Waals surface area (Å²) in [5.74, 6) is 0.885. The fourth-order valence-electron chi connectivity index (χ4n) is 2.10. The second-order valence-electron chi connectivity index (χ2n) is 3.97. The zero-order valence-electron chi connectivity index (χ0n) is 9.64. The first kappa shape index (κ1) is 10.5. The highest BCUT2D eigenvalue weighted by molar-refractivity contribution is 7.10. The lowest BCUT2D eigenvalue weighted by molar-refractivity contribution is 0.415. The van der Waals surface area contributed by atoms with Crippen LogP contribution in [0.5, 0.6) is 5.75 Å². The minimum Gasteiger partial charge on any atom is -0.497 e. The van der Waals surface area contributed by atoms with Crippen LogP contribution in [0.2, 0.25) is 0 Å². The van der Waals surface area contributed by atoms with Crippen LogP contribution in [-0.4, -0.2) is 19.4 Å². The van der Waals surface area contributed by atoms with Crippen molar-refractivity contribution in [2.45, 2.75) is 6.42 Å². The summed E-state index contributed by atoms with van der Waals surface area (Å²) in [6, 6.07) is 10.3. The quantitative estimate of drug-likeness (QED) is 0.794. The zero-order valence-corrected chi connectivity index (χ0v) is 10.5. The van der Waals surface area contributed by atoms with Crippen LogP contribution in [0.3, 0.4) is 0 Å². The molecule has 0 radical (unpaired) electrons. The number of methoxy groups -OCH3 is 1. The van der Waals surface area contributed by atoms with Crippen molar-refractivity contribution in [2.75, 3.05) is 13.7 Å². The van der Waals surface area contributed by atoms with Gasteiger partial charge in [-0.3, -0.25) is 4.99 Å². The highest BCUT2D eigenvalue weighted by Crippen LogP contribution is 2.25. The third-order valence-corrected chi connectivity index (χ3v) is 3.95. The van der Waals surface area contributed by atoms with Crippen molar-refractivity contribution in [1.82, 2.24) is 0 Å². The zero-order chi connectivity index (χ0) is 11.7. The van der Waals surface area contributed by atoms with Gasteiger partial charge in [-0.25, -0.2) is 0 Å². The van der Waals surface area contributed by atoms with E-state index in [2.05, 4.69) is 28.6 Å². The number of hydrogen-bond acceptors (Lipinski definition) is 3. The molecule has 0 amide bonds. The van der Waals surface area contributed by atoms with Gasteiger partial charge in [0.1, 0.15) is 5.75 Å². The van der Waals surface area contributed by atoms with Crippen LogP contribution in [0.1, 0.15) is 16.0 Å². The summed E-state index contributed by atoms with van der Waals surface area (Å²) in [6.45, 7) is 0.898. The van der Waals surface area contributed by atoms with Gasteiger partial charge in [-0.15, -0.1) is 11.3 Å². The molecule has 1 aromatic carbocycles. The van der Waals surface area contributed by atoms with Gasteiger partial charge < -0.3 is 4.74 Å². The first-order chi connectivity index (χ1) is 8.38. The summed E-state index contributed by atoms with van der Waals surface area (Å²) in [5.41, 5.74) is 3.59. The molecule has 3 rings (SSSR count). The van der Waals surface area contributed by atoms with Crippen molar-refractivity contribution >= 4 is 17.0 Å². The van der Waals surface area contributed by atoms with Gasteiger partial charge in [-0.2, -0.15) is 0 Å². The van der Waals surface area contributed by atoms with E-state index in [-0.39, 0.29) is 0 Å². The largest absolute Gasteiger partial charge is 0.497 e. The fourth-order valence-corrected chi connectivity index (χ4v) is 2.96. The maximum atomic E-state index is 5.17. The second-order valence-corrected chi connectivity index (χ2v) is 4.97. The lowest BCUT2D eigenvalue weighted by atomic mass is 10.00. The van der Waals surface area contributed by atoms with Crippen molar-refractivity contribution in [3.05, 3.63) is 51.7 Å². The summed E-state index contributed by atoms with van der Waals surface area (Å²) in [7, 11) is 1.68. The third-order valence-electron chi connectivity index (χ3n) is 2.97. The molecule has 2 aromatic rings. The molecule has 17 heavy (non-hydrogen) atoms. The molecule has 0 fully saturated rings. The van der Waals surface area contributed by atoms with Crippen LogP contribution in [0.15, 0.2) is 40.7 Å². The minimum absolute atomic E-state index is 0.885. The van der Waals surface area contributed by atoms with Crippen LogP contribution >= 0.6 is 11.3 Å². The number of aliphatic imine (C=N–C) groups is 1. The molecule has 0 atom stereocenters. The highest BCUT2D eigenvalue weighted by Gasteiger charge is 2.16. The van der Waals surface area contributed by atoms with E-state index in [0.29, 0.717) is 0 Å². The normalized spacial score (nSPS) is 14.1. The second kappa shape index (κ2) is 4.34. The Bertz CT molecular complexity index is 554. The van der Waals surface area contributed by atoms with E-state index in [9.17, 15) is 0 Å². The molecule has 0 N–H and O–H groups in total. The van der Waals surface area contributed by atoms with Gasteiger partial charge >= 0.3 is 0 Å². The predicted octanol–water partition coefficient (Wildman–Crippen LogP) is 3.15. The maximum absolute atomic E-state index is 5.17. The van der Waals surface area contributed by atoms with Crippen LogP contribution < -0.4 is 4.74 Å². The maximum Gasteiger partial charge on any atom is 0.118 e. The average molecular weight is 243 g/mol. The summed E-state index contributed by atoms with van der Waals surface area (Å²) < 4.78 is 5.17. The van der Waals surface area contributed by atoms with E-state index in [4.69, 9.17) is 4.74 Å². The molecule has 1 aliphatic rings. The molecule has 0 bridgehead atoms. The summed E-state index contributed by atoms with van der Waals surface area (Å²) in [5, 5.41) is 2.15. The molecule has 2 nitrogen and oxygen atoms in total. The number of benzene rings is 1. The molecular weight excluding hydrogens is 230 g/mol. The average Bonchev–Trinajstić information content (AvgIpc) is 2.87. The van der Waals surface area contributed by atoms with E-state index in [1.807, 2.05) is 23.5 Å². The first-order valence-electron chi connectivity index (χ1n) is 5.64. The number of thiophene rings is 1. The molecule has 1 aromatic heterocycles. The molecule has 3 heteroatoms. The van der Waals surface area contributed by atoms with E-state index in [0.717, 1.165) is 24.4 Å². The van der Waals surface area contributed by atoms with Crippen molar-refractivity contribution < 1.29 is 4.74 Å². The molecule has 0 unspecified atom stereocenters. The Morgan fingerprint density at radius 3 is 2.76 bits per heavy atom. The Morgan fingerprint density at radius 1 is 1.18 bits per heavy atom. The SMILES string of the molecule is COc1ccc(C2=NCCc3sccc32)cc1. The Labute approximate surface area is 105 Å². The van der Waals surface area contributed by atoms with Crippen molar-refractivity contribution in [3.63, 3.8) is 0 Å². The standard InChI is InChI=1S/C14H13NOS/c1-16-11-4-2-10(3-5-11)14-12-7-9-17-13(12)6-8-15-14/h2-5,7,9H,6,8H2,1H3. The van der Waals surface area contributed by atoms with Gasteiger partial charge in [-0.05, 0) is 35.7 Å². The fraction of sp³-hybridized carbons (Fsp3) is 0.214. The number of ether oxygens (including phenoxy) is 1. The van der Waals surface area contributed by atoms with E-state index in [1.165, 1.54) is 16.0 Å². The monoisotopic (exact) mass is 243 g/mol. The van der Waals surface area contributed by atoms with Gasteiger partial charge in [0, 0.05) is 29.0 Å². The van der Waals surface area contributed by atoms with Crippen LogP contribution in [0.25, 0.3) is 0 Å². The van der Waals surface area contributed by atoms with Crippen LogP contribution in [-0.2, 0) is 6.42 Å². The summed E-state index contributed by atoms with van der Waals surface area (Å²) >= 11 is 1.83. The molecule has 86 valence electrons. The number of hydrogen-bond donors (Lipinski definition) is 0. The molecule has 0 saturated heterocycles. The van der Waals surface area contributed by atoms with E-state index in [1.54, 1.807) is 7.11 Å². The van der Waals surface area contributed by atoms with Crippen molar-refractivity contribution in [2.24, 2.45) is 4.99 Å². The number of rotatable bonds is 2. The molecular formula is C14H13NOS.